The zero-order valence-electron chi connectivity index (χ0n) is 11.0. The maximum absolute atomic E-state index is 4.73. The van der Waals surface area contributed by atoms with Gasteiger partial charge in [-0.2, -0.15) is 0 Å². The van der Waals surface area contributed by atoms with Gasteiger partial charge in [0, 0.05) is 24.2 Å². The predicted molar refractivity (Wildman–Crippen MR) is 69.2 cm³/mol. The highest BCUT2D eigenvalue weighted by Crippen LogP contribution is 2.52. The number of nitrogens with one attached hydrogen (secondary N) is 1. The second-order valence-corrected chi connectivity index (χ2v) is 5.67. The molecule has 0 saturated heterocycles. The molecule has 2 fully saturated rings. The van der Waals surface area contributed by atoms with Crippen LogP contribution in [0.2, 0.25) is 0 Å². The Morgan fingerprint density at radius 2 is 1.94 bits per heavy atom. The third kappa shape index (κ3) is 1.72. The Morgan fingerprint density at radius 1 is 1.12 bits per heavy atom. The van der Waals surface area contributed by atoms with Gasteiger partial charge in [0.2, 0.25) is 0 Å². The molecule has 0 spiro atoms. The molecule has 2 saturated carbocycles. The molecule has 92 valence electrons. The van der Waals surface area contributed by atoms with Crippen LogP contribution in [-0.2, 0) is 0 Å². The molecule has 3 unspecified atom stereocenters. The van der Waals surface area contributed by atoms with Gasteiger partial charge in [0.1, 0.15) is 11.6 Å². The molecule has 0 amide bonds. The molecule has 3 nitrogen and oxygen atoms in total. The molecular weight excluding hydrogens is 210 g/mol. The van der Waals surface area contributed by atoms with Crippen LogP contribution < -0.4 is 5.32 Å². The van der Waals surface area contributed by atoms with Crippen molar-refractivity contribution in [2.45, 2.75) is 45.4 Å². The number of anilines is 1. The van der Waals surface area contributed by atoms with Crippen molar-refractivity contribution in [1.82, 2.24) is 9.97 Å². The first-order chi connectivity index (χ1) is 8.19. The summed E-state index contributed by atoms with van der Waals surface area (Å²) in [5.74, 6) is 4.53. The molecule has 3 rings (SSSR count). The van der Waals surface area contributed by atoms with Crippen LogP contribution in [-0.4, -0.2) is 17.0 Å². The standard InChI is InChI=1S/C14H21N3/c1-8-9(2)16-14(17-13(8)15-3)12-7-10-4-5-11(12)6-10/h10-12H,4-7H2,1-3H3,(H,15,16,17). The van der Waals surface area contributed by atoms with E-state index in [9.17, 15) is 0 Å². The van der Waals surface area contributed by atoms with Crippen molar-refractivity contribution in [2.24, 2.45) is 11.8 Å². The smallest absolute Gasteiger partial charge is 0.134 e. The van der Waals surface area contributed by atoms with Crippen LogP contribution in [0, 0.1) is 25.7 Å². The highest BCUT2D eigenvalue weighted by atomic mass is 15.0. The quantitative estimate of drug-likeness (QED) is 0.850. The van der Waals surface area contributed by atoms with Crippen LogP contribution in [0.25, 0.3) is 0 Å². The van der Waals surface area contributed by atoms with E-state index in [2.05, 4.69) is 19.2 Å². The molecular formula is C14H21N3. The summed E-state index contributed by atoms with van der Waals surface area (Å²) < 4.78 is 0. The maximum atomic E-state index is 4.73. The monoisotopic (exact) mass is 231 g/mol. The summed E-state index contributed by atoms with van der Waals surface area (Å²) in [6.07, 6.45) is 5.55. The number of hydrogen-bond donors (Lipinski definition) is 1. The zero-order chi connectivity index (χ0) is 12.0. The first-order valence-electron chi connectivity index (χ1n) is 6.72. The molecule has 1 aromatic rings. The van der Waals surface area contributed by atoms with E-state index in [-0.39, 0.29) is 0 Å². The third-order valence-corrected chi connectivity index (χ3v) is 4.71. The van der Waals surface area contributed by atoms with Crippen molar-refractivity contribution in [1.29, 1.82) is 0 Å². The molecule has 17 heavy (non-hydrogen) atoms. The minimum atomic E-state index is 0.625. The first kappa shape index (κ1) is 11.0. The summed E-state index contributed by atoms with van der Waals surface area (Å²) in [5.41, 5.74) is 2.31. The minimum Gasteiger partial charge on any atom is -0.373 e. The average molecular weight is 231 g/mol. The van der Waals surface area contributed by atoms with Gasteiger partial charge in [-0.25, -0.2) is 9.97 Å². The minimum absolute atomic E-state index is 0.625. The lowest BCUT2D eigenvalue weighted by atomic mass is 9.88. The Hall–Kier alpha value is -1.12. The summed E-state index contributed by atoms with van der Waals surface area (Å²) in [5, 5.41) is 3.19. The average Bonchev–Trinajstić information content (AvgIpc) is 2.94. The summed E-state index contributed by atoms with van der Waals surface area (Å²) in [6.45, 7) is 4.18. The van der Waals surface area contributed by atoms with Gasteiger partial charge in [-0.05, 0) is 44.9 Å². The van der Waals surface area contributed by atoms with Crippen molar-refractivity contribution in [3.63, 3.8) is 0 Å². The molecule has 3 heteroatoms. The number of aryl methyl sites for hydroxylation is 1. The molecule has 0 aromatic carbocycles. The Kier molecular flexibility index (Phi) is 2.57. The molecule has 2 aliphatic rings. The van der Waals surface area contributed by atoms with Crippen molar-refractivity contribution >= 4 is 5.82 Å². The maximum Gasteiger partial charge on any atom is 0.134 e. The lowest BCUT2D eigenvalue weighted by molar-refractivity contribution is 0.405. The Balaban J connectivity index is 1.95. The van der Waals surface area contributed by atoms with Crippen LogP contribution in [0.15, 0.2) is 0 Å². The van der Waals surface area contributed by atoms with E-state index < -0.39 is 0 Å². The summed E-state index contributed by atoms with van der Waals surface area (Å²) in [4.78, 5) is 9.46. The molecule has 0 radical (unpaired) electrons. The SMILES string of the molecule is CNc1nc(C2CC3CCC2C3)nc(C)c1C. The topological polar surface area (TPSA) is 37.8 Å². The van der Waals surface area contributed by atoms with Gasteiger partial charge in [-0.15, -0.1) is 0 Å². The largest absolute Gasteiger partial charge is 0.373 e. The summed E-state index contributed by atoms with van der Waals surface area (Å²) in [7, 11) is 1.94. The van der Waals surface area contributed by atoms with Gasteiger partial charge in [0.15, 0.2) is 0 Å². The molecule has 1 aromatic heterocycles. The van der Waals surface area contributed by atoms with Crippen molar-refractivity contribution in [3.8, 4) is 0 Å². The number of aromatic nitrogens is 2. The third-order valence-electron chi connectivity index (χ3n) is 4.71. The summed E-state index contributed by atoms with van der Waals surface area (Å²) in [6, 6.07) is 0. The fourth-order valence-corrected chi connectivity index (χ4v) is 3.62. The highest BCUT2D eigenvalue weighted by molar-refractivity contribution is 5.45. The second kappa shape index (κ2) is 3.97. The van der Waals surface area contributed by atoms with Crippen LogP contribution in [0.4, 0.5) is 5.82 Å². The van der Waals surface area contributed by atoms with E-state index in [4.69, 9.17) is 9.97 Å². The van der Waals surface area contributed by atoms with Crippen LogP contribution in [0.1, 0.15) is 48.7 Å². The number of hydrogen-bond acceptors (Lipinski definition) is 3. The number of rotatable bonds is 2. The van der Waals surface area contributed by atoms with Gasteiger partial charge in [-0.3, -0.25) is 0 Å². The van der Waals surface area contributed by atoms with E-state index in [0.29, 0.717) is 5.92 Å². The number of nitrogens with zero attached hydrogens (tertiary/aromatic N) is 2. The van der Waals surface area contributed by atoms with Crippen LogP contribution in [0.3, 0.4) is 0 Å². The van der Waals surface area contributed by atoms with E-state index in [1.54, 1.807) is 0 Å². The molecule has 2 bridgehead atoms. The first-order valence-corrected chi connectivity index (χ1v) is 6.72. The summed E-state index contributed by atoms with van der Waals surface area (Å²) >= 11 is 0. The van der Waals surface area contributed by atoms with Crippen molar-refractivity contribution in [3.05, 3.63) is 17.1 Å². The van der Waals surface area contributed by atoms with Crippen LogP contribution in [0.5, 0.6) is 0 Å². The van der Waals surface area contributed by atoms with E-state index >= 15 is 0 Å². The zero-order valence-corrected chi connectivity index (χ0v) is 11.0. The Morgan fingerprint density at radius 3 is 2.53 bits per heavy atom. The van der Waals surface area contributed by atoms with Crippen molar-refractivity contribution in [2.75, 3.05) is 12.4 Å². The van der Waals surface area contributed by atoms with E-state index in [0.717, 1.165) is 29.2 Å². The second-order valence-electron chi connectivity index (χ2n) is 5.67. The van der Waals surface area contributed by atoms with Gasteiger partial charge >= 0.3 is 0 Å². The number of fused-ring (bicyclic) bond motifs is 2. The fraction of sp³-hybridized carbons (Fsp3) is 0.714. The Labute approximate surface area is 103 Å². The lowest BCUT2D eigenvalue weighted by Gasteiger charge is -2.21. The normalized spacial score (nSPS) is 30.9. The van der Waals surface area contributed by atoms with Gasteiger partial charge in [0.05, 0.1) is 0 Å². The molecule has 2 aliphatic carbocycles. The fourth-order valence-electron chi connectivity index (χ4n) is 3.62. The molecule has 1 heterocycles. The van der Waals surface area contributed by atoms with Gasteiger partial charge in [-0.1, -0.05) is 6.42 Å². The van der Waals surface area contributed by atoms with E-state index in [1.807, 2.05) is 7.05 Å². The predicted octanol–water partition coefficient (Wildman–Crippen LogP) is 3.04. The van der Waals surface area contributed by atoms with Crippen LogP contribution >= 0.6 is 0 Å². The molecule has 1 N–H and O–H groups in total. The molecule has 3 atom stereocenters. The highest BCUT2D eigenvalue weighted by Gasteiger charge is 2.41. The Bertz CT molecular complexity index is 441. The van der Waals surface area contributed by atoms with Crippen molar-refractivity contribution < 1.29 is 0 Å². The molecule has 0 aliphatic heterocycles. The van der Waals surface area contributed by atoms with Gasteiger partial charge in [0.25, 0.3) is 0 Å². The van der Waals surface area contributed by atoms with E-state index in [1.165, 1.54) is 31.2 Å². The van der Waals surface area contributed by atoms with Gasteiger partial charge < -0.3 is 5.32 Å². The lowest BCUT2D eigenvalue weighted by Crippen LogP contribution is -2.14.